The summed E-state index contributed by atoms with van der Waals surface area (Å²) in [6.45, 7) is 0. The molecule has 0 saturated heterocycles. The number of nitro groups is 1. The quantitative estimate of drug-likeness (QED) is 0.696. The zero-order chi connectivity index (χ0) is 13.1. The van der Waals surface area contributed by atoms with Crippen LogP contribution in [0.25, 0.3) is 0 Å². The molecule has 0 unspecified atom stereocenters. The Morgan fingerprint density at radius 2 is 2.17 bits per heavy atom. The molecule has 1 aromatic carbocycles. The number of nitro benzene ring substituents is 1. The Morgan fingerprint density at radius 3 is 2.78 bits per heavy atom. The van der Waals surface area contributed by atoms with Crippen LogP contribution in [0, 0.1) is 10.1 Å². The summed E-state index contributed by atoms with van der Waals surface area (Å²) in [5.41, 5.74) is 0.207. The van der Waals surface area contributed by atoms with Crippen LogP contribution in [-0.4, -0.2) is 10.8 Å². The van der Waals surface area contributed by atoms with Crippen molar-refractivity contribution >= 4 is 33.2 Å². The van der Waals surface area contributed by atoms with E-state index in [2.05, 4.69) is 21.2 Å². The van der Waals surface area contributed by atoms with Crippen LogP contribution in [0.1, 0.15) is 10.6 Å². The summed E-state index contributed by atoms with van der Waals surface area (Å²) < 4.78 is 5.47. The van der Waals surface area contributed by atoms with Gasteiger partial charge < -0.3 is 9.73 Å². The van der Waals surface area contributed by atoms with Gasteiger partial charge in [0.25, 0.3) is 11.6 Å². The van der Waals surface area contributed by atoms with Crippen molar-refractivity contribution in [1.82, 2.24) is 0 Å². The molecule has 92 valence electrons. The van der Waals surface area contributed by atoms with E-state index < -0.39 is 10.8 Å². The molecule has 0 atom stereocenters. The molecule has 0 aliphatic carbocycles. The third-order valence-corrected chi connectivity index (χ3v) is 2.85. The fraction of sp³-hybridized carbons (Fsp3) is 0. The molecule has 0 aliphatic rings. The molecule has 0 fully saturated rings. The standard InChI is InChI=1S/C11H7BrN2O4/c12-8-4-3-7(14(16)17)6-9(8)13-11(15)10-2-1-5-18-10/h1-6H,(H,13,15). The van der Waals surface area contributed by atoms with Gasteiger partial charge in [-0.05, 0) is 34.1 Å². The van der Waals surface area contributed by atoms with Gasteiger partial charge in [-0.2, -0.15) is 0 Å². The lowest BCUT2D eigenvalue weighted by atomic mass is 10.2. The van der Waals surface area contributed by atoms with Crippen LogP contribution in [0.5, 0.6) is 0 Å². The highest BCUT2D eigenvalue weighted by Crippen LogP contribution is 2.27. The maximum Gasteiger partial charge on any atom is 0.291 e. The number of carbonyl (C=O) groups is 1. The summed E-state index contributed by atoms with van der Waals surface area (Å²) in [7, 11) is 0. The zero-order valence-electron chi connectivity index (χ0n) is 8.92. The van der Waals surface area contributed by atoms with Gasteiger partial charge in [-0.3, -0.25) is 14.9 Å². The number of hydrogen-bond donors (Lipinski definition) is 1. The van der Waals surface area contributed by atoms with Gasteiger partial charge in [-0.1, -0.05) is 0 Å². The Labute approximate surface area is 110 Å². The molecule has 0 aliphatic heterocycles. The van der Waals surface area contributed by atoms with Gasteiger partial charge in [0.1, 0.15) is 0 Å². The minimum atomic E-state index is -0.533. The molecule has 0 saturated carbocycles. The van der Waals surface area contributed by atoms with E-state index in [1.807, 2.05) is 0 Å². The summed E-state index contributed by atoms with van der Waals surface area (Å²) >= 11 is 3.20. The van der Waals surface area contributed by atoms with E-state index in [0.29, 0.717) is 10.2 Å². The van der Waals surface area contributed by atoms with Crippen LogP contribution < -0.4 is 5.32 Å². The summed E-state index contributed by atoms with van der Waals surface area (Å²) in [5.74, 6) is -0.338. The fourth-order valence-electron chi connectivity index (χ4n) is 1.31. The van der Waals surface area contributed by atoms with Crippen LogP contribution in [0.15, 0.2) is 45.5 Å². The van der Waals surface area contributed by atoms with Crippen molar-refractivity contribution in [2.45, 2.75) is 0 Å². The average molecular weight is 311 g/mol. The fourth-order valence-corrected chi connectivity index (χ4v) is 1.66. The minimum Gasteiger partial charge on any atom is -0.459 e. The molecule has 2 rings (SSSR count). The summed E-state index contributed by atoms with van der Waals surface area (Å²) in [4.78, 5) is 21.8. The Balaban J connectivity index is 2.26. The number of carbonyl (C=O) groups excluding carboxylic acids is 1. The van der Waals surface area contributed by atoms with Crippen LogP contribution >= 0.6 is 15.9 Å². The number of halogens is 1. The van der Waals surface area contributed by atoms with Crippen molar-refractivity contribution in [3.63, 3.8) is 0 Å². The van der Waals surface area contributed by atoms with E-state index in [9.17, 15) is 14.9 Å². The van der Waals surface area contributed by atoms with E-state index in [4.69, 9.17) is 4.42 Å². The van der Waals surface area contributed by atoms with Gasteiger partial charge >= 0.3 is 0 Å². The van der Waals surface area contributed by atoms with E-state index in [0.717, 1.165) is 0 Å². The number of furan rings is 1. The molecule has 1 N–H and O–H groups in total. The van der Waals surface area contributed by atoms with Crippen molar-refractivity contribution < 1.29 is 14.1 Å². The number of non-ortho nitro benzene ring substituents is 1. The third-order valence-electron chi connectivity index (χ3n) is 2.15. The molecule has 1 aromatic heterocycles. The number of nitrogens with zero attached hydrogens (tertiary/aromatic N) is 1. The van der Waals surface area contributed by atoms with Crippen molar-refractivity contribution in [3.8, 4) is 0 Å². The summed E-state index contributed by atoms with van der Waals surface area (Å²) in [6.07, 6.45) is 1.37. The molecule has 1 heterocycles. The summed E-state index contributed by atoms with van der Waals surface area (Å²) in [6, 6.07) is 7.19. The number of hydrogen-bond acceptors (Lipinski definition) is 4. The number of anilines is 1. The smallest absolute Gasteiger partial charge is 0.291 e. The molecule has 7 heteroatoms. The predicted molar refractivity (Wildman–Crippen MR) is 67.5 cm³/mol. The van der Waals surface area contributed by atoms with Gasteiger partial charge in [0.15, 0.2) is 5.76 Å². The maximum atomic E-state index is 11.7. The van der Waals surface area contributed by atoms with E-state index in [1.165, 1.54) is 30.5 Å². The third kappa shape index (κ3) is 2.57. The van der Waals surface area contributed by atoms with Crippen molar-refractivity contribution in [3.05, 3.63) is 56.9 Å². The molecular weight excluding hydrogens is 304 g/mol. The minimum absolute atomic E-state index is 0.104. The first-order valence-corrected chi connectivity index (χ1v) is 5.66. The topological polar surface area (TPSA) is 85.4 Å². The highest BCUT2D eigenvalue weighted by atomic mass is 79.9. The molecular formula is C11H7BrN2O4. The first-order valence-electron chi connectivity index (χ1n) is 4.87. The molecule has 0 bridgehead atoms. The van der Waals surface area contributed by atoms with E-state index in [-0.39, 0.29) is 11.4 Å². The average Bonchev–Trinajstić information content (AvgIpc) is 2.85. The number of benzene rings is 1. The number of nitrogens with one attached hydrogen (secondary N) is 1. The van der Waals surface area contributed by atoms with Crippen LogP contribution in [-0.2, 0) is 0 Å². The maximum absolute atomic E-state index is 11.7. The first kappa shape index (κ1) is 12.3. The second-order valence-electron chi connectivity index (χ2n) is 3.35. The predicted octanol–water partition coefficient (Wildman–Crippen LogP) is 3.20. The van der Waals surface area contributed by atoms with Crippen LogP contribution in [0.2, 0.25) is 0 Å². The van der Waals surface area contributed by atoms with Crippen LogP contribution in [0.4, 0.5) is 11.4 Å². The molecule has 0 radical (unpaired) electrons. The number of amides is 1. The lowest BCUT2D eigenvalue weighted by Crippen LogP contribution is -2.11. The summed E-state index contributed by atoms with van der Waals surface area (Å²) in [5, 5.41) is 13.2. The second kappa shape index (κ2) is 5.01. The van der Waals surface area contributed by atoms with Gasteiger partial charge in [0.05, 0.1) is 16.9 Å². The highest BCUT2D eigenvalue weighted by molar-refractivity contribution is 9.10. The number of rotatable bonds is 3. The normalized spacial score (nSPS) is 10.1. The van der Waals surface area contributed by atoms with E-state index >= 15 is 0 Å². The molecule has 0 spiro atoms. The van der Waals surface area contributed by atoms with Gasteiger partial charge in [-0.25, -0.2) is 0 Å². The van der Waals surface area contributed by atoms with E-state index in [1.54, 1.807) is 6.07 Å². The largest absolute Gasteiger partial charge is 0.459 e. The SMILES string of the molecule is O=C(Nc1cc([N+](=O)[O-])ccc1Br)c1ccco1. The van der Waals surface area contributed by atoms with Crippen LogP contribution in [0.3, 0.4) is 0 Å². The van der Waals surface area contributed by atoms with Gasteiger partial charge in [-0.15, -0.1) is 0 Å². The monoisotopic (exact) mass is 310 g/mol. The first-order chi connectivity index (χ1) is 8.58. The zero-order valence-corrected chi connectivity index (χ0v) is 10.5. The molecule has 1 amide bonds. The molecule has 18 heavy (non-hydrogen) atoms. The second-order valence-corrected chi connectivity index (χ2v) is 4.21. The lowest BCUT2D eigenvalue weighted by molar-refractivity contribution is -0.384. The Bertz CT molecular complexity index is 595. The lowest BCUT2D eigenvalue weighted by Gasteiger charge is -2.05. The Hall–Kier alpha value is -2.15. The van der Waals surface area contributed by atoms with Crippen molar-refractivity contribution in [2.75, 3.05) is 5.32 Å². The van der Waals surface area contributed by atoms with Gasteiger partial charge in [0.2, 0.25) is 0 Å². The van der Waals surface area contributed by atoms with Crippen molar-refractivity contribution in [2.24, 2.45) is 0 Å². The Kier molecular flexibility index (Phi) is 3.42. The van der Waals surface area contributed by atoms with Gasteiger partial charge in [0, 0.05) is 16.6 Å². The highest BCUT2D eigenvalue weighted by Gasteiger charge is 2.14. The molecule has 2 aromatic rings. The molecule has 6 nitrogen and oxygen atoms in total. The Morgan fingerprint density at radius 1 is 1.39 bits per heavy atom. The van der Waals surface area contributed by atoms with Crippen molar-refractivity contribution in [1.29, 1.82) is 0 Å².